The Bertz CT molecular complexity index is 220. The van der Waals surface area contributed by atoms with Crippen molar-refractivity contribution in [1.29, 1.82) is 0 Å². The largest absolute Gasteiger partial charge is 0.324 e. The Morgan fingerprint density at radius 2 is 0.739 bits per heavy atom. The second-order valence-electron chi connectivity index (χ2n) is 7.66. The van der Waals surface area contributed by atoms with Gasteiger partial charge >= 0.3 is 0 Å². The average Bonchev–Trinajstić information content (AvgIpc) is 2.59. The molecule has 0 N–H and O–H groups in total. The highest BCUT2D eigenvalue weighted by Crippen LogP contribution is 2.15. The third-order valence-electron chi connectivity index (χ3n) is 5.81. The van der Waals surface area contributed by atoms with Crippen molar-refractivity contribution < 1.29 is 4.48 Å². The number of nitrogens with zero attached hydrogens (tertiary/aromatic N) is 1. The van der Waals surface area contributed by atoms with Gasteiger partial charge in [0.25, 0.3) is 0 Å². The normalized spacial score (nSPS) is 12.0. The Morgan fingerprint density at radius 3 is 1.13 bits per heavy atom. The maximum Gasteiger partial charge on any atom is 0.0786 e. The molecule has 0 fully saturated rings. The molecule has 1 heteroatoms. The lowest BCUT2D eigenvalue weighted by Gasteiger charge is -2.37. The van der Waals surface area contributed by atoms with Crippen molar-refractivity contribution >= 4 is 0 Å². The van der Waals surface area contributed by atoms with E-state index >= 15 is 0 Å². The second kappa shape index (κ2) is 16.8. The van der Waals surface area contributed by atoms with Crippen molar-refractivity contribution in [3.8, 4) is 0 Å². The molecule has 140 valence electrons. The number of quaternary nitrogens is 1. The van der Waals surface area contributed by atoms with Gasteiger partial charge in [-0.3, -0.25) is 0 Å². The molecule has 0 aliphatic heterocycles. The highest BCUT2D eigenvalue weighted by molar-refractivity contribution is 4.50. The molecule has 1 nitrogen and oxygen atoms in total. The van der Waals surface area contributed by atoms with Gasteiger partial charge in [-0.25, -0.2) is 0 Å². The van der Waals surface area contributed by atoms with Crippen LogP contribution in [-0.2, 0) is 0 Å². The van der Waals surface area contributed by atoms with E-state index in [4.69, 9.17) is 0 Å². The summed E-state index contributed by atoms with van der Waals surface area (Å²) in [6.07, 6.45) is 20.3. The third kappa shape index (κ3) is 13.0. The summed E-state index contributed by atoms with van der Waals surface area (Å²) in [7, 11) is 0. The van der Waals surface area contributed by atoms with Crippen molar-refractivity contribution in [2.45, 2.75) is 118 Å². The van der Waals surface area contributed by atoms with E-state index in [-0.39, 0.29) is 0 Å². The predicted molar refractivity (Wildman–Crippen MR) is 107 cm³/mol. The number of rotatable bonds is 18. The predicted octanol–water partition coefficient (Wildman–Crippen LogP) is 7.34. The van der Waals surface area contributed by atoms with E-state index in [2.05, 4.69) is 27.7 Å². The van der Waals surface area contributed by atoms with Gasteiger partial charge in [-0.15, -0.1) is 0 Å². The van der Waals surface area contributed by atoms with Gasteiger partial charge in [-0.2, -0.15) is 0 Å². The molecule has 0 heterocycles. The van der Waals surface area contributed by atoms with Crippen LogP contribution in [0.4, 0.5) is 0 Å². The van der Waals surface area contributed by atoms with E-state index in [9.17, 15) is 0 Å². The zero-order chi connectivity index (χ0) is 17.2. The van der Waals surface area contributed by atoms with E-state index in [1.165, 1.54) is 121 Å². The molecule has 0 aromatic heterocycles. The van der Waals surface area contributed by atoms with Gasteiger partial charge in [0, 0.05) is 0 Å². The van der Waals surface area contributed by atoms with Gasteiger partial charge in [-0.1, -0.05) is 84.5 Å². The quantitative estimate of drug-likeness (QED) is 0.182. The Labute approximate surface area is 148 Å². The number of hydrogen-bond acceptors (Lipinski definition) is 0. The van der Waals surface area contributed by atoms with E-state index in [1.54, 1.807) is 0 Å². The summed E-state index contributed by atoms with van der Waals surface area (Å²) in [5, 5.41) is 0. The Hall–Kier alpha value is -0.0400. The fourth-order valence-corrected chi connectivity index (χ4v) is 3.75. The van der Waals surface area contributed by atoms with Crippen molar-refractivity contribution in [2.24, 2.45) is 0 Å². The first-order valence-electron chi connectivity index (χ1n) is 11.1. The van der Waals surface area contributed by atoms with Crippen LogP contribution in [0.1, 0.15) is 118 Å². The summed E-state index contributed by atoms with van der Waals surface area (Å²) in [5.74, 6) is 0. The highest BCUT2D eigenvalue weighted by Gasteiger charge is 2.21. The lowest BCUT2D eigenvalue weighted by Crippen LogP contribution is -2.49. The van der Waals surface area contributed by atoms with Crippen molar-refractivity contribution in [3.63, 3.8) is 0 Å². The van der Waals surface area contributed by atoms with E-state index in [0.29, 0.717) is 0 Å². The molecular weight excluding hydrogens is 278 g/mol. The van der Waals surface area contributed by atoms with Crippen LogP contribution in [0.25, 0.3) is 0 Å². The van der Waals surface area contributed by atoms with Crippen LogP contribution in [0.3, 0.4) is 0 Å². The first-order chi connectivity index (χ1) is 11.2. The van der Waals surface area contributed by atoms with Crippen molar-refractivity contribution in [3.05, 3.63) is 0 Å². The third-order valence-corrected chi connectivity index (χ3v) is 5.81. The van der Waals surface area contributed by atoms with Gasteiger partial charge in [0.2, 0.25) is 0 Å². The summed E-state index contributed by atoms with van der Waals surface area (Å²) in [5.41, 5.74) is 0. The SMILES string of the molecule is CCCCCCCCCCCCCC[N+](CC)(CC)CCCC. The monoisotopic (exact) mass is 326 g/mol. The number of unbranched alkanes of at least 4 members (excludes halogenated alkanes) is 12. The van der Waals surface area contributed by atoms with Gasteiger partial charge in [0.05, 0.1) is 26.2 Å². The fourth-order valence-electron chi connectivity index (χ4n) is 3.75. The van der Waals surface area contributed by atoms with E-state index in [0.717, 1.165) is 0 Å². The molecule has 0 bridgehead atoms. The Balaban J connectivity index is 3.46. The van der Waals surface area contributed by atoms with Crippen LogP contribution in [0, 0.1) is 0 Å². The van der Waals surface area contributed by atoms with Crippen molar-refractivity contribution in [1.82, 2.24) is 0 Å². The summed E-state index contributed by atoms with van der Waals surface area (Å²) in [4.78, 5) is 0. The minimum atomic E-state index is 1.33. The highest BCUT2D eigenvalue weighted by atomic mass is 15.3. The van der Waals surface area contributed by atoms with Crippen LogP contribution >= 0.6 is 0 Å². The molecule has 0 amide bonds. The second-order valence-corrected chi connectivity index (χ2v) is 7.66. The fraction of sp³-hybridized carbons (Fsp3) is 1.00. The van der Waals surface area contributed by atoms with Crippen LogP contribution in [-0.4, -0.2) is 30.7 Å². The smallest absolute Gasteiger partial charge is 0.0786 e. The molecule has 0 saturated carbocycles. The molecule has 23 heavy (non-hydrogen) atoms. The zero-order valence-electron chi connectivity index (χ0n) is 17.2. The van der Waals surface area contributed by atoms with Gasteiger partial charge < -0.3 is 4.48 Å². The topological polar surface area (TPSA) is 0 Å². The minimum Gasteiger partial charge on any atom is -0.324 e. The van der Waals surface area contributed by atoms with Crippen molar-refractivity contribution in [2.75, 3.05) is 26.2 Å². The lowest BCUT2D eigenvalue weighted by atomic mass is 10.0. The van der Waals surface area contributed by atoms with E-state index in [1.807, 2.05) is 0 Å². The summed E-state index contributed by atoms with van der Waals surface area (Å²) in [6.45, 7) is 14.9. The van der Waals surface area contributed by atoms with Crippen LogP contribution in [0.2, 0.25) is 0 Å². The number of hydrogen-bond donors (Lipinski definition) is 0. The van der Waals surface area contributed by atoms with Gasteiger partial charge in [0.15, 0.2) is 0 Å². The first-order valence-corrected chi connectivity index (χ1v) is 11.1. The summed E-state index contributed by atoms with van der Waals surface area (Å²) < 4.78 is 1.37. The minimum absolute atomic E-state index is 1.33. The molecule has 0 aromatic rings. The summed E-state index contributed by atoms with van der Waals surface area (Å²) in [6, 6.07) is 0. The molecule has 0 spiro atoms. The molecule has 0 atom stereocenters. The Kier molecular flexibility index (Phi) is 16.8. The lowest BCUT2D eigenvalue weighted by molar-refractivity contribution is -0.925. The zero-order valence-corrected chi connectivity index (χ0v) is 17.2. The van der Waals surface area contributed by atoms with Gasteiger partial charge in [0.1, 0.15) is 0 Å². The maximum absolute atomic E-state index is 2.39. The average molecular weight is 327 g/mol. The molecule has 0 unspecified atom stereocenters. The summed E-state index contributed by atoms with van der Waals surface area (Å²) >= 11 is 0. The molecule has 0 aromatic carbocycles. The maximum atomic E-state index is 2.39. The molecular formula is C22H48N+. The molecule has 0 saturated heterocycles. The standard InChI is InChI=1S/C22H48N/c1-5-9-11-12-13-14-15-16-17-18-19-20-22-23(7-3,8-4)21-10-6-2/h5-22H2,1-4H3/q+1. The first kappa shape index (κ1) is 23.0. The molecule has 0 rings (SSSR count). The van der Waals surface area contributed by atoms with Crippen LogP contribution < -0.4 is 0 Å². The molecule has 0 aliphatic rings. The van der Waals surface area contributed by atoms with Crippen LogP contribution in [0.15, 0.2) is 0 Å². The molecule has 0 aliphatic carbocycles. The van der Waals surface area contributed by atoms with Gasteiger partial charge in [-0.05, 0) is 33.1 Å². The van der Waals surface area contributed by atoms with E-state index < -0.39 is 0 Å². The Morgan fingerprint density at radius 1 is 0.391 bits per heavy atom. The van der Waals surface area contributed by atoms with Crippen LogP contribution in [0.5, 0.6) is 0 Å². The molecule has 0 radical (unpaired) electrons.